The molecule has 0 spiro atoms. The average molecular weight is 494 g/mol. The number of pyridine rings is 2. The smallest absolute Gasteiger partial charge is 0.261 e. The number of rotatable bonds is 5. The lowest BCUT2D eigenvalue weighted by molar-refractivity contribution is -0.131. The number of ether oxygens (including phenoxy) is 1. The van der Waals surface area contributed by atoms with Gasteiger partial charge in [0, 0.05) is 51.0 Å². The van der Waals surface area contributed by atoms with E-state index in [0.29, 0.717) is 30.8 Å². The van der Waals surface area contributed by atoms with Gasteiger partial charge in [0.25, 0.3) is 5.91 Å². The number of hydrogen-bond acceptors (Lipinski definition) is 6. The Hall–Kier alpha value is -3.95. The van der Waals surface area contributed by atoms with Crippen LogP contribution in [0.25, 0.3) is 10.9 Å². The zero-order chi connectivity index (χ0) is 25.6. The number of benzene rings is 1. The minimum absolute atomic E-state index is 0.0206. The van der Waals surface area contributed by atoms with Crippen LogP contribution >= 0.6 is 0 Å². The maximum atomic E-state index is 15.7. The number of nitrogens with zero attached hydrogens (tertiary/aromatic N) is 4. The third kappa shape index (κ3) is 4.16. The van der Waals surface area contributed by atoms with Gasteiger partial charge in [0.15, 0.2) is 11.6 Å². The van der Waals surface area contributed by atoms with Crippen molar-refractivity contribution in [3.63, 3.8) is 0 Å². The number of piperazine rings is 1. The predicted octanol–water partition coefficient (Wildman–Crippen LogP) is 3.19. The molecule has 2 aromatic heterocycles. The second kappa shape index (κ2) is 9.25. The van der Waals surface area contributed by atoms with Gasteiger partial charge in [0.2, 0.25) is 11.3 Å². The molecule has 3 heterocycles. The molecular formula is C26H28FN5O4. The van der Waals surface area contributed by atoms with Crippen LogP contribution in [0.5, 0.6) is 5.75 Å². The van der Waals surface area contributed by atoms with Crippen molar-refractivity contribution in [2.75, 3.05) is 37.0 Å². The molecule has 0 bridgehead atoms. The summed E-state index contributed by atoms with van der Waals surface area (Å²) < 4.78 is 23.3. The van der Waals surface area contributed by atoms with E-state index in [1.807, 2.05) is 16.4 Å². The molecule has 0 radical (unpaired) electrons. The summed E-state index contributed by atoms with van der Waals surface area (Å²) in [6.07, 6.45) is 6.38. The van der Waals surface area contributed by atoms with E-state index in [9.17, 15) is 14.4 Å². The molecule has 1 aromatic carbocycles. The fraction of sp³-hybridized carbons (Fsp3) is 0.385. The number of hydrogen-bond donors (Lipinski definition) is 1. The number of aromatic nitrogens is 2. The number of amides is 2. The van der Waals surface area contributed by atoms with Crippen molar-refractivity contribution in [2.24, 2.45) is 0 Å². The number of anilines is 2. The Balaban J connectivity index is 1.63. The highest BCUT2D eigenvalue weighted by atomic mass is 19.1. The molecule has 0 unspecified atom stereocenters. The molecule has 1 atom stereocenters. The fourth-order valence-electron chi connectivity index (χ4n) is 5.00. The largest absolute Gasteiger partial charge is 0.492 e. The molecule has 36 heavy (non-hydrogen) atoms. The summed E-state index contributed by atoms with van der Waals surface area (Å²) in [6, 6.07) is 4.53. The van der Waals surface area contributed by atoms with Gasteiger partial charge in [-0.3, -0.25) is 19.4 Å². The monoisotopic (exact) mass is 493 g/mol. The minimum atomic E-state index is -0.605. The van der Waals surface area contributed by atoms with Gasteiger partial charge in [-0.2, -0.15) is 0 Å². The van der Waals surface area contributed by atoms with E-state index in [0.717, 1.165) is 12.8 Å². The Bertz CT molecular complexity index is 1400. The van der Waals surface area contributed by atoms with Gasteiger partial charge >= 0.3 is 0 Å². The van der Waals surface area contributed by atoms with E-state index in [1.54, 1.807) is 29.4 Å². The van der Waals surface area contributed by atoms with Crippen LogP contribution in [-0.4, -0.2) is 59.1 Å². The van der Waals surface area contributed by atoms with Gasteiger partial charge in [-0.15, -0.1) is 0 Å². The highest BCUT2D eigenvalue weighted by Gasteiger charge is 2.33. The number of fused-ring (bicyclic) bond motifs is 1. The number of halogens is 1. The predicted molar refractivity (Wildman–Crippen MR) is 134 cm³/mol. The molecular weight excluding hydrogens is 465 g/mol. The molecule has 188 valence electrons. The van der Waals surface area contributed by atoms with Gasteiger partial charge in [0.1, 0.15) is 11.3 Å². The van der Waals surface area contributed by atoms with Gasteiger partial charge in [0.05, 0.1) is 29.9 Å². The first-order valence-corrected chi connectivity index (χ1v) is 12.0. The van der Waals surface area contributed by atoms with Crippen LogP contribution in [-0.2, 0) is 4.79 Å². The lowest BCUT2D eigenvalue weighted by Crippen LogP contribution is -2.53. The van der Waals surface area contributed by atoms with Crippen molar-refractivity contribution in [2.45, 2.75) is 38.8 Å². The number of methoxy groups -OCH3 is 1. The van der Waals surface area contributed by atoms with Gasteiger partial charge in [-0.05, 0) is 38.0 Å². The van der Waals surface area contributed by atoms with E-state index in [-0.39, 0.29) is 40.4 Å². The quantitative estimate of drug-likeness (QED) is 0.587. The molecule has 2 aliphatic rings. The molecule has 5 rings (SSSR count). The normalized spacial score (nSPS) is 17.8. The Morgan fingerprint density at radius 1 is 1.25 bits per heavy atom. The van der Waals surface area contributed by atoms with E-state index in [4.69, 9.17) is 4.74 Å². The molecule has 1 saturated heterocycles. The zero-order valence-electron chi connectivity index (χ0n) is 20.5. The van der Waals surface area contributed by atoms with Crippen LogP contribution in [0.2, 0.25) is 0 Å². The summed E-state index contributed by atoms with van der Waals surface area (Å²) >= 11 is 0. The lowest BCUT2D eigenvalue weighted by atomic mass is 10.1. The number of nitrogens with one attached hydrogen (secondary N) is 1. The van der Waals surface area contributed by atoms with E-state index < -0.39 is 17.2 Å². The summed E-state index contributed by atoms with van der Waals surface area (Å²) in [5.74, 6) is -0.946. The minimum Gasteiger partial charge on any atom is -0.492 e. The molecule has 1 saturated carbocycles. The van der Waals surface area contributed by atoms with Crippen molar-refractivity contribution in [1.29, 1.82) is 0 Å². The summed E-state index contributed by atoms with van der Waals surface area (Å²) in [5.41, 5.74) is 0.554. The first-order valence-electron chi connectivity index (χ1n) is 12.0. The summed E-state index contributed by atoms with van der Waals surface area (Å²) in [5, 5.41) is 2.79. The Kier molecular flexibility index (Phi) is 6.11. The van der Waals surface area contributed by atoms with E-state index in [2.05, 4.69) is 10.3 Å². The fourth-order valence-corrected chi connectivity index (χ4v) is 5.00. The standard InChI is InChI=1S/C26H28FN5O4/c1-15-13-30(9-10-31(15)16(2)33)23-21(27)11-19-22(25(23)36-3)32(18-6-7-18)14-20(24(19)34)26(35)29-17-5-4-8-28-12-17/h4-5,8,11-12,14-15,18H,6-7,9-10,13H2,1-3H3,(H,29,35)/t15-/m0/s1. The molecule has 2 amide bonds. The summed E-state index contributed by atoms with van der Waals surface area (Å²) in [4.78, 5) is 46.0. The van der Waals surface area contributed by atoms with Gasteiger partial charge in [-0.1, -0.05) is 0 Å². The Labute approximate surface area is 207 Å². The van der Waals surface area contributed by atoms with Crippen molar-refractivity contribution in [3.05, 3.63) is 58.4 Å². The maximum Gasteiger partial charge on any atom is 0.261 e. The molecule has 1 aliphatic carbocycles. The van der Waals surface area contributed by atoms with Gasteiger partial charge in [-0.25, -0.2) is 4.39 Å². The van der Waals surface area contributed by atoms with Gasteiger partial charge < -0.3 is 24.4 Å². The van der Waals surface area contributed by atoms with Crippen molar-refractivity contribution in [3.8, 4) is 5.75 Å². The topological polar surface area (TPSA) is 96.8 Å². The van der Waals surface area contributed by atoms with Crippen LogP contribution in [0, 0.1) is 5.82 Å². The molecule has 1 aliphatic heterocycles. The molecule has 1 N–H and O–H groups in total. The third-order valence-electron chi connectivity index (χ3n) is 6.85. The molecule has 9 nitrogen and oxygen atoms in total. The third-order valence-corrected chi connectivity index (χ3v) is 6.85. The highest BCUT2D eigenvalue weighted by Crippen LogP contribution is 2.44. The summed E-state index contributed by atoms with van der Waals surface area (Å²) in [6.45, 7) is 4.77. The van der Waals surface area contributed by atoms with Crippen molar-refractivity contribution in [1.82, 2.24) is 14.5 Å². The molecule has 10 heteroatoms. The lowest BCUT2D eigenvalue weighted by Gasteiger charge is -2.41. The average Bonchev–Trinajstić information content (AvgIpc) is 3.69. The number of carbonyl (C=O) groups excluding carboxylic acids is 2. The van der Waals surface area contributed by atoms with E-state index >= 15 is 4.39 Å². The second-order valence-corrected chi connectivity index (χ2v) is 9.35. The Morgan fingerprint density at radius 2 is 2.03 bits per heavy atom. The molecule has 3 aromatic rings. The van der Waals surface area contributed by atoms with Crippen molar-refractivity contribution < 1.29 is 18.7 Å². The number of carbonyl (C=O) groups is 2. The van der Waals surface area contributed by atoms with Crippen LogP contribution in [0.3, 0.4) is 0 Å². The van der Waals surface area contributed by atoms with Crippen LogP contribution < -0.4 is 20.4 Å². The Morgan fingerprint density at radius 3 is 2.64 bits per heavy atom. The highest BCUT2D eigenvalue weighted by molar-refractivity contribution is 6.06. The second-order valence-electron chi connectivity index (χ2n) is 9.35. The zero-order valence-corrected chi connectivity index (χ0v) is 20.5. The van der Waals surface area contributed by atoms with Crippen molar-refractivity contribution >= 4 is 34.1 Å². The summed E-state index contributed by atoms with van der Waals surface area (Å²) in [7, 11) is 1.46. The SMILES string of the molecule is COc1c(N2CCN(C(C)=O)[C@@H](C)C2)c(F)cc2c(=O)c(C(=O)Nc3cccnc3)cn(C3CC3)c12. The molecule has 2 fully saturated rings. The first-order chi connectivity index (χ1) is 17.3. The van der Waals surface area contributed by atoms with Crippen LogP contribution in [0.1, 0.15) is 43.1 Å². The van der Waals surface area contributed by atoms with E-state index in [1.165, 1.54) is 26.3 Å². The van der Waals surface area contributed by atoms with Crippen LogP contribution in [0.15, 0.2) is 41.6 Å². The first kappa shape index (κ1) is 23.8. The maximum absolute atomic E-state index is 15.7. The van der Waals surface area contributed by atoms with Crippen LogP contribution in [0.4, 0.5) is 15.8 Å².